The van der Waals surface area contributed by atoms with Crippen LogP contribution in [0.25, 0.3) is 11.0 Å². The van der Waals surface area contributed by atoms with E-state index in [1.807, 2.05) is 7.11 Å². The van der Waals surface area contributed by atoms with Gasteiger partial charge in [-0.25, -0.2) is 4.98 Å². The van der Waals surface area contributed by atoms with Crippen molar-refractivity contribution in [2.24, 2.45) is 5.92 Å². The normalized spacial score (nSPS) is 23.9. The van der Waals surface area contributed by atoms with Crippen LogP contribution in [0.5, 0.6) is 0 Å². The van der Waals surface area contributed by atoms with E-state index in [0.717, 1.165) is 31.6 Å². The number of fused-ring (bicyclic) bond motifs is 2. The quantitative estimate of drug-likeness (QED) is 0.440. The molecule has 5 heteroatoms. The Morgan fingerprint density at radius 3 is 2.72 bits per heavy atom. The van der Waals surface area contributed by atoms with Crippen LogP contribution in [-0.4, -0.2) is 47.3 Å². The highest BCUT2D eigenvalue weighted by molar-refractivity contribution is 9.10. The Morgan fingerprint density at radius 1 is 1.12 bits per heavy atom. The van der Waals surface area contributed by atoms with Gasteiger partial charge in [0.1, 0.15) is 5.82 Å². The molecule has 4 nitrogen and oxygen atoms in total. The third kappa shape index (κ3) is 4.15. The first-order valence-electron chi connectivity index (χ1n) is 11.9. The van der Waals surface area contributed by atoms with Gasteiger partial charge >= 0.3 is 0 Å². The number of rotatable bonds is 5. The number of hydrogen-bond acceptors (Lipinski definition) is 3. The maximum Gasteiger partial charge on any atom is 0.112 e. The Morgan fingerprint density at radius 2 is 1.94 bits per heavy atom. The Kier molecular flexibility index (Phi) is 6.17. The molecular formula is C27H34BrN3O. The molecule has 1 fully saturated rings. The molecule has 3 atom stereocenters. The number of hydrogen-bond donors (Lipinski definition) is 0. The summed E-state index contributed by atoms with van der Waals surface area (Å²) in [6.07, 6.45) is 3.67. The molecule has 0 N–H and O–H groups in total. The van der Waals surface area contributed by atoms with Crippen molar-refractivity contribution in [1.29, 1.82) is 0 Å². The molecule has 0 radical (unpaired) electrons. The predicted molar refractivity (Wildman–Crippen MR) is 134 cm³/mol. The molecule has 5 rings (SSSR count). The Balaban J connectivity index is 1.34. The lowest BCUT2D eigenvalue weighted by molar-refractivity contribution is -0.00966. The molecule has 0 unspecified atom stereocenters. The van der Waals surface area contributed by atoms with Gasteiger partial charge in [0.05, 0.1) is 23.2 Å². The Hall–Kier alpha value is -1.69. The van der Waals surface area contributed by atoms with Gasteiger partial charge in [-0.2, -0.15) is 0 Å². The largest absolute Gasteiger partial charge is 0.378 e. The van der Waals surface area contributed by atoms with Crippen molar-refractivity contribution in [2.75, 3.05) is 26.7 Å². The van der Waals surface area contributed by atoms with Crippen molar-refractivity contribution in [1.82, 2.24) is 14.5 Å². The molecule has 3 aromatic rings. The van der Waals surface area contributed by atoms with Crippen LogP contribution >= 0.6 is 15.9 Å². The molecular weight excluding hydrogens is 462 g/mol. The van der Waals surface area contributed by atoms with Gasteiger partial charge < -0.3 is 14.2 Å². The summed E-state index contributed by atoms with van der Waals surface area (Å²) in [7, 11) is 1.88. The zero-order valence-corrected chi connectivity index (χ0v) is 21.2. The summed E-state index contributed by atoms with van der Waals surface area (Å²) in [6.45, 7) is 9.89. The maximum absolute atomic E-state index is 6.11. The fraction of sp³-hybridized carbons (Fsp3) is 0.519. The van der Waals surface area contributed by atoms with Gasteiger partial charge in [-0.15, -0.1) is 0 Å². The second kappa shape index (κ2) is 8.92. The fourth-order valence-electron chi connectivity index (χ4n) is 5.82. The zero-order chi connectivity index (χ0) is 22.4. The minimum Gasteiger partial charge on any atom is -0.378 e. The number of nitrogens with zero attached hydrogens (tertiary/aromatic N) is 3. The second-order valence-corrected chi connectivity index (χ2v) is 11.0. The molecule has 2 aromatic carbocycles. The van der Waals surface area contributed by atoms with Crippen LogP contribution in [0, 0.1) is 12.8 Å². The zero-order valence-electron chi connectivity index (χ0n) is 19.6. The van der Waals surface area contributed by atoms with E-state index in [1.165, 1.54) is 45.3 Å². The van der Waals surface area contributed by atoms with Gasteiger partial charge in [-0.1, -0.05) is 41.9 Å². The van der Waals surface area contributed by atoms with E-state index in [-0.39, 0.29) is 6.10 Å². The van der Waals surface area contributed by atoms with Gasteiger partial charge in [-0.3, -0.25) is 0 Å². The molecule has 32 heavy (non-hydrogen) atoms. The second-order valence-electron chi connectivity index (χ2n) is 10.1. The van der Waals surface area contributed by atoms with Gasteiger partial charge in [0.15, 0.2) is 0 Å². The lowest BCUT2D eigenvalue weighted by Crippen LogP contribution is -2.47. The molecule has 2 heterocycles. The summed E-state index contributed by atoms with van der Waals surface area (Å²) in [5.41, 5.74) is 6.67. The lowest BCUT2D eigenvalue weighted by atomic mass is 9.97. The molecule has 2 aliphatic rings. The lowest BCUT2D eigenvalue weighted by Gasteiger charge is -2.40. The van der Waals surface area contributed by atoms with E-state index >= 15 is 0 Å². The van der Waals surface area contributed by atoms with E-state index < -0.39 is 0 Å². The van der Waals surface area contributed by atoms with Crippen molar-refractivity contribution < 1.29 is 4.74 Å². The number of benzene rings is 2. The van der Waals surface area contributed by atoms with E-state index in [0.29, 0.717) is 17.9 Å². The van der Waals surface area contributed by atoms with Crippen LogP contribution in [-0.2, 0) is 17.6 Å². The maximum atomic E-state index is 6.11. The molecule has 1 aromatic heterocycles. The average molecular weight is 496 g/mol. The summed E-state index contributed by atoms with van der Waals surface area (Å²) in [6, 6.07) is 13.8. The molecule has 1 aliphatic carbocycles. The van der Waals surface area contributed by atoms with Gasteiger partial charge in [-0.05, 0) is 73.1 Å². The van der Waals surface area contributed by atoms with E-state index in [1.54, 1.807) is 0 Å². The summed E-state index contributed by atoms with van der Waals surface area (Å²) in [5, 5.41) is 0. The average Bonchev–Trinajstić information content (AvgIpc) is 3.33. The minimum atomic E-state index is 0.179. The standard InChI is InChI=1S/C27H34BrN3O/c1-17(2)27-29-23-11-18(3)5-8-24(23)31(27)25-9-10-30(16-26(25)32-4)15-19-12-20-6-7-22(28)14-21(20)13-19/h5-8,11,14,17,19,25-26H,9-10,12-13,15-16H2,1-4H3/t19-,25+,26-/m1/s1. The van der Waals surface area contributed by atoms with Crippen LogP contribution in [0.2, 0.25) is 0 Å². The molecule has 0 saturated carbocycles. The van der Waals surface area contributed by atoms with E-state index in [9.17, 15) is 0 Å². The first kappa shape index (κ1) is 22.1. The molecule has 1 aliphatic heterocycles. The molecule has 1 saturated heterocycles. The monoisotopic (exact) mass is 495 g/mol. The number of piperidine rings is 1. The smallest absolute Gasteiger partial charge is 0.112 e. The highest BCUT2D eigenvalue weighted by atomic mass is 79.9. The third-order valence-electron chi connectivity index (χ3n) is 7.33. The summed E-state index contributed by atoms with van der Waals surface area (Å²) in [4.78, 5) is 7.67. The number of methoxy groups -OCH3 is 1. The molecule has 0 amide bonds. The van der Waals surface area contributed by atoms with Crippen LogP contribution in [0.15, 0.2) is 40.9 Å². The Labute approximate surface area is 200 Å². The van der Waals surface area contributed by atoms with Crippen molar-refractivity contribution in [3.8, 4) is 0 Å². The number of aryl methyl sites for hydroxylation is 1. The molecule has 170 valence electrons. The van der Waals surface area contributed by atoms with E-state index in [4.69, 9.17) is 9.72 Å². The van der Waals surface area contributed by atoms with Crippen LogP contribution in [0.1, 0.15) is 54.7 Å². The van der Waals surface area contributed by atoms with Gasteiger partial charge in [0, 0.05) is 37.1 Å². The van der Waals surface area contributed by atoms with Crippen molar-refractivity contribution in [3.63, 3.8) is 0 Å². The minimum absolute atomic E-state index is 0.179. The van der Waals surface area contributed by atoms with Crippen LogP contribution < -0.4 is 0 Å². The first-order chi connectivity index (χ1) is 15.4. The highest BCUT2D eigenvalue weighted by Gasteiger charge is 2.35. The van der Waals surface area contributed by atoms with E-state index in [2.05, 4.69) is 82.6 Å². The number of likely N-dealkylation sites (tertiary alicyclic amines) is 1. The molecule has 0 bridgehead atoms. The third-order valence-corrected chi connectivity index (χ3v) is 7.83. The van der Waals surface area contributed by atoms with Gasteiger partial charge in [0.2, 0.25) is 0 Å². The topological polar surface area (TPSA) is 30.3 Å². The Bertz CT molecular complexity index is 1120. The number of aromatic nitrogens is 2. The van der Waals surface area contributed by atoms with Crippen molar-refractivity contribution in [3.05, 3.63) is 63.4 Å². The summed E-state index contributed by atoms with van der Waals surface area (Å²) >= 11 is 3.63. The first-order valence-corrected chi connectivity index (χ1v) is 12.7. The predicted octanol–water partition coefficient (Wildman–Crippen LogP) is 5.91. The highest BCUT2D eigenvalue weighted by Crippen LogP contribution is 2.35. The fourth-order valence-corrected chi connectivity index (χ4v) is 6.22. The summed E-state index contributed by atoms with van der Waals surface area (Å²) in [5.74, 6) is 2.27. The number of ether oxygens (including phenoxy) is 1. The molecule has 0 spiro atoms. The van der Waals surface area contributed by atoms with Crippen LogP contribution in [0.3, 0.4) is 0 Å². The van der Waals surface area contributed by atoms with Gasteiger partial charge in [0.25, 0.3) is 0 Å². The van der Waals surface area contributed by atoms with Crippen molar-refractivity contribution in [2.45, 2.75) is 58.1 Å². The SMILES string of the molecule is CO[C@@H]1CN(C[C@@H]2Cc3ccc(Br)cc3C2)CC[C@@H]1n1c(C(C)C)nc2cc(C)ccc21. The van der Waals surface area contributed by atoms with Crippen LogP contribution in [0.4, 0.5) is 0 Å². The number of halogens is 1. The number of imidazole rings is 1. The summed E-state index contributed by atoms with van der Waals surface area (Å²) < 4.78 is 9.80. The van der Waals surface area contributed by atoms with Crippen molar-refractivity contribution >= 4 is 27.0 Å².